The van der Waals surface area contributed by atoms with Crippen LogP contribution in [0.1, 0.15) is 16.9 Å². The smallest absolute Gasteiger partial charge is 0.168 e. The van der Waals surface area contributed by atoms with Gasteiger partial charge in [-0.3, -0.25) is 9.69 Å². The van der Waals surface area contributed by atoms with Crippen molar-refractivity contribution < 1.29 is 9.53 Å². The molecule has 1 fully saturated rings. The Balaban J connectivity index is 1.49. The van der Waals surface area contributed by atoms with E-state index >= 15 is 0 Å². The minimum Gasteiger partial charge on any atom is -0.491 e. The average molecular weight is 337 g/mol. The second kappa shape index (κ2) is 8.61. The zero-order valence-corrected chi connectivity index (χ0v) is 14.4. The number of nitrogens with zero attached hydrogens (tertiary/aromatic N) is 3. The molecule has 0 bridgehead atoms. The first kappa shape index (κ1) is 17.4. The minimum atomic E-state index is 0.424. The van der Waals surface area contributed by atoms with Crippen molar-refractivity contribution >= 4 is 17.2 Å². The summed E-state index contributed by atoms with van der Waals surface area (Å²) < 4.78 is 5.93. The third kappa shape index (κ3) is 4.56. The van der Waals surface area contributed by atoms with Crippen LogP contribution in [0.2, 0.25) is 0 Å². The first-order valence-electron chi connectivity index (χ1n) is 8.66. The lowest BCUT2D eigenvalue weighted by Gasteiger charge is -2.33. The molecule has 0 atom stereocenters. The summed E-state index contributed by atoms with van der Waals surface area (Å²) in [5.41, 5.74) is 1.17. The van der Waals surface area contributed by atoms with Gasteiger partial charge in [0.25, 0.3) is 0 Å². The van der Waals surface area contributed by atoms with E-state index < -0.39 is 0 Å². The lowest BCUT2D eigenvalue weighted by molar-refractivity contribution is 0.111. The second-order valence-corrected chi connectivity index (χ2v) is 6.21. The zero-order valence-electron chi connectivity index (χ0n) is 14.4. The molecule has 0 radical (unpaired) electrons. The number of rotatable bonds is 7. The Hall–Kier alpha value is -2.42. The topological polar surface area (TPSA) is 45.7 Å². The lowest BCUT2D eigenvalue weighted by Crippen LogP contribution is -2.46. The van der Waals surface area contributed by atoms with Gasteiger partial charge in [-0.15, -0.1) is 6.42 Å². The Labute approximate surface area is 148 Å². The SMILES string of the molecule is C#CCN1CCN(CCCOc2cccc3ccc(C=O)nc23)CC1. The van der Waals surface area contributed by atoms with Gasteiger partial charge in [-0.2, -0.15) is 0 Å². The van der Waals surface area contributed by atoms with E-state index in [0.29, 0.717) is 12.3 Å². The van der Waals surface area contributed by atoms with Crippen LogP contribution in [-0.4, -0.2) is 66.9 Å². The first-order chi connectivity index (χ1) is 12.3. The highest BCUT2D eigenvalue weighted by atomic mass is 16.5. The summed E-state index contributed by atoms with van der Waals surface area (Å²) in [5.74, 6) is 3.44. The number of fused-ring (bicyclic) bond motifs is 1. The van der Waals surface area contributed by atoms with Crippen molar-refractivity contribution in [2.45, 2.75) is 6.42 Å². The maximum atomic E-state index is 10.9. The third-order valence-corrected chi connectivity index (χ3v) is 4.48. The van der Waals surface area contributed by atoms with Gasteiger partial charge in [-0.25, -0.2) is 4.98 Å². The molecule has 0 amide bonds. The fraction of sp³-hybridized carbons (Fsp3) is 0.400. The quantitative estimate of drug-likeness (QED) is 0.440. The van der Waals surface area contributed by atoms with Gasteiger partial charge in [-0.1, -0.05) is 24.1 Å². The molecule has 2 heterocycles. The van der Waals surface area contributed by atoms with Gasteiger partial charge in [0.1, 0.15) is 17.0 Å². The molecular weight excluding hydrogens is 314 g/mol. The van der Waals surface area contributed by atoms with Crippen LogP contribution in [-0.2, 0) is 0 Å². The van der Waals surface area contributed by atoms with E-state index in [1.807, 2.05) is 24.3 Å². The Bertz CT molecular complexity index is 761. The molecule has 1 aromatic carbocycles. The maximum Gasteiger partial charge on any atom is 0.168 e. The van der Waals surface area contributed by atoms with Crippen LogP contribution in [0.25, 0.3) is 10.9 Å². The van der Waals surface area contributed by atoms with Crippen LogP contribution in [0.3, 0.4) is 0 Å². The molecule has 1 saturated heterocycles. The van der Waals surface area contributed by atoms with E-state index in [1.54, 1.807) is 6.07 Å². The number of ether oxygens (including phenoxy) is 1. The average Bonchev–Trinajstić information content (AvgIpc) is 2.66. The predicted octanol–water partition coefficient (Wildman–Crippen LogP) is 2.07. The summed E-state index contributed by atoms with van der Waals surface area (Å²) in [6.45, 7) is 6.58. The van der Waals surface area contributed by atoms with Crippen LogP contribution < -0.4 is 4.74 Å². The predicted molar refractivity (Wildman–Crippen MR) is 99.0 cm³/mol. The summed E-state index contributed by atoms with van der Waals surface area (Å²) in [5, 5.41) is 0.979. The molecule has 0 N–H and O–H groups in total. The molecule has 0 saturated carbocycles. The summed E-state index contributed by atoms with van der Waals surface area (Å²) in [7, 11) is 0. The van der Waals surface area contributed by atoms with Crippen LogP contribution in [0, 0.1) is 12.3 Å². The van der Waals surface area contributed by atoms with Crippen molar-refractivity contribution in [3.05, 3.63) is 36.0 Å². The summed E-state index contributed by atoms with van der Waals surface area (Å²) in [6.07, 6.45) is 7.08. The van der Waals surface area contributed by atoms with E-state index in [4.69, 9.17) is 11.2 Å². The number of aldehydes is 1. The van der Waals surface area contributed by atoms with Gasteiger partial charge in [0.05, 0.1) is 13.2 Å². The molecule has 3 rings (SSSR count). The molecule has 2 aromatic rings. The highest BCUT2D eigenvalue weighted by molar-refractivity contribution is 5.87. The van der Waals surface area contributed by atoms with Crippen LogP contribution in [0.15, 0.2) is 30.3 Å². The number of terminal acetylenes is 1. The van der Waals surface area contributed by atoms with Crippen LogP contribution in [0.4, 0.5) is 0 Å². The zero-order chi connectivity index (χ0) is 17.5. The number of hydrogen-bond acceptors (Lipinski definition) is 5. The van der Waals surface area contributed by atoms with Crippen LogP contribution >= 0.6 is 0 Å². The highest BCUT2D eigenvalue weighted by Gasteiger charge is 2.15. The van der Waals surface area contributed by atoms with Gasteiger partial charge < -0.3 is 9.64 Å². The molecule has 1 aliphatic heterocycles. The molecular formula is C20H23N3O2. The summed E-state index contributed by atoms with van der Waals surface area (Å²) in [6, 6.07) is 9.44. The van der Waals surface area contributed by atoms with Crippen molar-refractivity contribution in [2.75, 3.05) is 45.9 Å². The normalized spacial score (nSPS) is 15.8. The standard InChI is InChI=1S/C20H23N3O2/c1-2-9-22-11-13-23(14-12-22)10-4-15-25-19-6-3-5-17-7-8-18(16-24)21-20(17)19/h1,3,5-8,16H,4,9-15H2. The van der Waals surface area contributed by atoms with Crippen molar-refractivity contribution in [2.24, 2.45) is 0 Å². The minimum absolute atomic E-state index is 0.424. The number of para-hydroxylation sites is 1. The number of hydrogen-bond donors (Lipinski definition) is 0. The van der Waals surface area contributed by atoms with Gasteiger partial charge in [0.15, 0.2) is 6.29 Å². The monoisotopic (exact) mass is 337 g/mol. The molecule has 5 nitrogen and oxygen atoms in total. The molecule has 25 heavy (non-hydrogen) atoms. The number of carbonyl (C=O) groups is 1. The Morgan fingerprint density at radius 3 is 2.72 bits per heavy atom. The van der Waals surface area contributed by atoms with Crippen molar-refractivity contribution in [1.29, 1.82) is 0 Å². The van der Waals surface area contributed by atoms with Gasteiger partial charge in [0.2, 0.25) is 0 Å². The maximum absolute atomic E-state index is 10.9. The number of aromatic nitrogens is 1. The highest BCUT2D eigenvalue weighted by Crippen LogP contribution is 2.23. The van der Waals surface area contributed by atoms with Gasteiger partial charge in [-0.05, 0) is 18.6 Å². The van der Waals surface area contributed by atoms with E-state index in [-0.39, 0.29) is 0 Å². The number of piperazine rings is 1. The second-order valence-electron chi connectivity index (χ2n) is 6.21. The number of carbonyl (C=O) groups excluding carboxylic acids is 1. The van der Waals surface area contributed by atoms with E-state index in [2.05, 4.69) is 20.7 Å². The fourth-order valence-electron chi connectivity index (χ4n) is 3.09. The number of benzene rings is 1. The fourth-order valence-corrected chi connectivity index (χ4v) is 3.09. The summed E-state index contributed by atoms with van der Waals surface area (Å²) in [4.78, 5) is 20.1. The van der Waals surface area contributed by atoms with Crippen molar-refractivity contribution in [3.63, 3.8) is 0 Å². The van der Waals surface area contributed by atoms with Crippen LogP contribution in [0.5, 0.6) is 5.75 Å². The van der Waals surface area contributed by atoms with Gasteiger partial charge in [0, 0.05) is 38.1 Å². The summed E-state index contributed by atoms with van der Waals surface area (Å²) >= 11 is 0. The van der Waals surface area contributed by atoms with E-state index in [1.165, 1.54) is 0 Å². The molecule has 5 heteroatoms. The Morgan fingerprint density at radius 2 is 1.96 bits per heavy atom. The largest absolute Gasteiger partial charge is 0.491 e. The molecule has 130 valence electrons. The Kier molecular flexibility index (Phi) is 5.99. The van der Waals surface area contributed by atoms with Crippen molar-refractivity contribution in [1.82, 2.24) is 14.8 Å². The van der Waals surface area contributed by atoms with E-state index in [0.717, 1.165) is 68.6 Å². The molecule has 0 unspecified atom stereocenters. The molecule has 0 aliphatic carbocycles. The molecule has 1 aromatic heterocycles. The van der Waals surface area contributed by atoms with E-state index in [9.17, 15) is 4.79 Å². The van der Waals surface area contributed by atoms with Crippen molar-refractivity contribution in [3.8, 4) is 18.1 Å². The third-order valence-electron chi connectivity index (χ3n) is 4.48. The lowest BCUT2D eigenvalue weighted by atomic mass is 10.2. The molecule has 1 aliphatic rings. The molecule has 0 spiro atoms. The van der Waals surface area contributed by atoms with Gasteiger partial charge >= 0.3 is 0 Å². The number of pyridine rings is 1. The Morgan fingerprint density at radius 1 is 1.16 bits per heavy atom. The first-order valence-corrected chi connectivity index (χ1v) is 8.66.